The number of aliphatic hydroxyl groups excluding tert-OH is 3. The molecule has 2 aromatic rings. The monoisotopic (exact) mass is 338 g/mol. The van der Waals surface area contributed by atoms with Crippen molar-refractivity contribution in [2.75, 3.05) is 12.3 Å². The first-order valence-corrected chi connectivity index (χ1v) is 7.27. The van der Waals surface area contributed by atoms with Crippen LogP contribution >= 0.6 is 0 Å². The highest BCUT2D eigenvalue weighted by Gasteiger charge is 2.44. The van der Waals surface area contributed by atoms with Gasteiger partial charge in [0.05, 0.1) is 12.1 Å². The largest absolute Gasteiger partial charge is 0.394 e. The summed E-state index contributed by atoms with van der Waals surface area (Å²) in [5.74, 6) is 0.0312. The normalized spacial score (nSPS) is 27.0. The summed E-state index contributed by atoms with van der Waals surface area (Å²) in [7, 11) is 0. The first-order chi connectivity index (χ1) is 11.4. The van der Waals surface area contributed by atoms with Crippen molar-refractivity contribution in [2.24, 2.45) is 0 Å². The van der Waals surface area contributed by atoms with E-state index >= 15 is 0 Å². The highest BCUT2D eigenvalue weighted by Crippen LogP contribution is 2.30. The van der Waals surface area contributed by atoms with Crippen molar-refractivity contribution in [2.45, 2.75) is 31.1 Å². The second-order valence-electron chi connectivity index (χ2n) is 5.57. The molecule has 0 amide bonds. The van der Waals surface area contributed by atoms with Gasteiger partial charge in [0.1, 0.15) is 29.6 Å². The Hall–Kier alpha value is -2.40. The van der Waals surface area contributed by atoms with E-state index in [1.807, 2.05) is 0 Å². The molecule has 1 saturated heterocycles. The molecule has 3 rings (SSSR count). The molecule has 10 nitrogen and oxygen atoms in total. The van der Waals surface area contributed by atoms with Gasteiger partial charge in [-0.15, -0.1) is 6.58 Å². The summed E-state index contributed by atoms with van der Waals surface area (Å²) in [5, 5.41) is 29.3. The van der Waals surface area contributed by atoms with Crippen LogP contribution in [0.1, 0.15) is 6.23 Å². The number of pyridine rings is 1. The van der Waals surface area contributed by atoms with Crippen molar-refractivity contribution < 1.29 is 20.1 Å². The molecular formula is C14H18N4O6. The summed E-state index contributed by atoms with van der Waals surface area (Å²) in [5.41, 5.74) is 4.64. The number of nitrogens with one attached hydrogen (secondary N) is 1. The number of hydrogen-bond donors (Lipinski definition) is 5. The summed E-state index contributed by atoms with van der Waals surface area (Å²) in [4.78, 5) is 27.3. The number of H-pyrrole nitrogens is 1. The fourth-order valence-corrected chi connectivity index (χ4v) is 2.97. The molecule has 0 aliphatic carbocycles. The Bertz CT molecular complexity index is 897. The molecule has 0 saturated carbocycles. The Labute approximate surface area is 135 Å². The molecule has 24 heavy (non-hydrogen) atoms. The summed E-state index contributed by atoms with van der Waals surface area (Å²) in [6, 6.07) is 1.37. The maximum atomic E-state index is 12.7. The molecule has 2 aromatic heterocycles. The van der Waals surface area contributed by atoms with Crippen LogP contribution in [-0.2, 0) is 11.3 Å². The Morgan fingerprint density at radius 2 is 2.08 bits per heavy atom. The predicted octanol–water partition coefficient (Wildman–Crippen LogP) is -2.13. The van der Waals surface area contributed by atoms with Crippen LogP contribution in [0.3, 0.4) is 0 Å². The molecule has 1 aliphatic heterocycles. The number of hydrogen-bond acceptors (Lipinski definition) is 7. The van der Waals surface area contributed by atoms with E-state index in [2.05, 4.69) is 11.6 Å². The van der Waals surface area contributed by atoms with Gasteiger partial charge in [0.15, 0.2) is 6.23 Å². The van der Waals surface area contributed by atoms with Gasteiger partial charge in [-0.3, -0.25) is 13.9 Å². The number of ether oxygens (including phenoxy) is 1. The number of nitrogens with two attached hydrogens (primary N) is 1. The molecule has 0 aromatic carbocycles. The van der Waals surface area contributed by atoms with E-state index in [0.717, 1.165) is 9.13 Å². The van der Waals surface area contributed by atoms with Crippen LogP contribution < -0.4 is 17.0 Å². The average Bonchev–Trinajstić information content (AvgIpc) is 2.96. The third kappa shape index (κ3) is 2.27. The molecule has 6 N–H and O–H groups in total. The number of fused-ring (bicyclic) bond motifs is 1. The number of aliphatic hydroxyl groups is 3. The van der Waals surface area contributed by atoms with Gasteiger partial charge in [-0.1, -0.05) is 6.08 Å². The van der Waals surface area contributed by atoms with Gasteiger partial charge in [-0.2, -0.15) is 0 Å². The highest BCUT2D eigenvalue weighted by atomic mass is 16.6. The zero-order chi connectivity index (χ0) is 17.6. The van der Waals surface area contributed by atoms with Crippen LogP contribution in [0.4, 0.5) is 5.82 Å². The van der Waals surface area contributed by atoms with Crippen molar-refractivity contribution in [3.8, 4) is 0 Å². The van der Waals surface area contributed by atoms with Gasteiger partial charge in [0.25, 0.3) is 5.56 Å². The van der Waals surface area contributed by atoms with Crippen LogP contribution in [0, 0.1) is 0 Å². The lowest BCUT2D eigenvalue weighted by Gasteiger charge is -2.16. The minimum Gasteiger partial charge on any atom is -0.394 e. The summed E-state index contributed by atoms with van der Waals surface area (Å²) < 4.78 is 7.61. The topological polar surface area (TPSA) is 156 Å². The first kappa shape index (κ1) is 16.5. The molecule has 4 atom stereocenters. The number of imidazole rings is 1. The second-order valence-corrected chi connectivity index (χ2v) is 5.57. The number of allylic oxidation sites excluding steroid dienone is 1. The third-order valence-electron chi connectivity index (χ3n) is 4.06. The summed E-state index contributed by atoms with van der Waals surface area (Å²) >= 11 is 0. The minimum absolute atomic E-state index is 0.0312. The van der Waals surface area contributed by atoms with Crippen molar-refractivity contribution in [3.63, 3.8) is 0 Å². The van der Waals surface area contributed by atoms with E-state index in [1.165, 1.54) is 12.1 Å². The Morgan fingerprint density at radius 1 is 1.38 bits per heavy atom. The van der Waals surface area contributed by atoms with Crippen LogP contribution in [0.25, 0.3) is 11.0 Å². The molecule has 0 unspecified atom stereocenters. The quantitative estimate of drug-likeness (QED) is 0.399. The molecule has 3 heterocycles. The second kappa shape index (κ2) is 5.91. The fourth-order valence-electron chi connectivity index (χ4n) is 2.97. The van der Waals surface area contributed by atoms with Gasteiger partial charge in [-0.05, 0) is 0 Å². The van der Waals surface area contributed by atoms with Crippen LogP contribution in [0.15, 0.2) is 28.3 Å². The minimum atomic E-state index is -1.46. The number of nitrogens with zero attached hydrogens (tertiary/aromatic N) is 2. The van der Waals surface area contributed by atoms with E-state index in [-0.39, 0.29) is 23.4 Å². The highest BCUT2D eigenvalue weighted by molar-refractivity contribution is 5.77. The lowest BCUT2D eigenvalue weighted by molar-refractivity contribution is -0.0525. The Morgan fingerprint density at radius 3 is 2.67 bits per heavy atom. The molecule has 1 fully saturated rings. The van der Waals surface area contributed by atoms with Gasteiger partial charge in [0, 0.05) is 12.6 Å². The molecule has 0 radical (unpaired) electrons. The molecule has 10 heteroatoms. The van der Waals surface area contributed by atoms with Crippen LogP contribution in [0.5, 0.6) is 0 Å². The number of nitrogen functional groups attached to an aromatic ring is 1. The van der Waals surface area contributed by atoms with Gasteiger partial charge < -0.3 is 30.8 Å². The van der Waals surface area contributed by atoms with Crippen molar-refractivity contribution in [1.82, 2.24) is 14.1 Å². The van der Waals surface area contributed by atoms with E-state index in [1.54, 1.807) is 0 Å². The van der Waals surface area contributed by atoms with Gasteiger partial charge in [0.2, 0.25) is 0 Å². The Balaban J connectivity index is 2.29. The van der Waals surface area contributed by atoms with Crippen LogP contribution in [-0.4, -0.2) is 54.4 Å². The van der Waals surface area contributed by atoms with Gasteiger partial charge >= 0.3 is 5.69 Å². The zero-order valence-corrected chi connectivity index (χ0v) is 12.6. The SMILES string of the molecule is C=CCn1c(=O)n([C@@H]2O[C@H](CO)[C@H](O)[C@@H]2O)c2cc(N)[nH]c(=O)c21. The Kier molecular flexibility index (Phi) is 4.05. The first-order valence-electron chi connectivity index (χ1n) is 7.27. The molecule has 0 spiro atoms. The van der Waals surface area contributed by atoms with E-state index in [4.69, 9.17) is 10.5 Å². The summed E-state index contributed by atoms with van der Waals surface area (Å²) in [6.07, 6.45) is -3.70. The third-order valence-corrected chi connectivity index (χ3v) is 4.06. The molecule has 1 aliphatic rings. The van der Waals surface area contributed by atoms with E-state index < -0.39 is 42.4 Å². The van der Waals surface area contributed by atoms with E-state index in [9.17, 15) is 24.9 Å². The van der Waals surface area contributed by atoms with Crippen molar-refractivity contribution >= 4 is 16.9 Å². The van der Waals surface area contributed by atoms with Crippen molar-refractivity contribution in [1.29, 1.82) is 0 Å². The van der Waals surface area contributed by atoms with Gasteiger partial charge in [-0.25, -0.2) is 4.79 Å². The lowest BCUT2D eigenvalue weighted by Crippen LogP contribution is -2.35. The number of anilines is 1. The smallest absolute Gasteiger partial charge is 0.331 e. The zero-order valence-electron chi connectivity index (χ0n) is 12.6. The number of aromatic amines is 1. The molecule has 0 bridgehead atoms. The standard InChI is InChI=1S/C14H18N4O6/c1-2-3-17-9-6(4-8(15)16-12(9)22)18(14(17)23)13-11(21)10(20)7(5-19)24-13/h2,4,7,10-11,13,19-21H,1,3,5H2,(H3,15,16,22)/t7-,10+,11+,13-/m1/s1. The lowest BCUT2D eigenvalue weighted by atomic mass is 10.1. The maximum Gasteiger partial charge on any atom is 0.331 e. The summed E-state index contributed by atoms with van der Waals surface area (Å²) in [6.45, 7) is 3.08. The molecular weight excluding hydrogens is 320 g/mol. The number of rotatable bonds is 4. The van der Waals surface area contributed by atoms with Crippen LogP contribution in [0.2, 0.25) is 0 Å². The average molecular weight is 338 g/mol. The number of aromatic nitrogens is 3. The van der Waals surface area contributed by atoms with Crippen molar-refractivity contribution in [3.05, 3.63) is 39.6 Å². The fraction of sp³-hybridized carbons (Fsp3) is 0.429. The maximum absolute atomic E-state index is 12.7. The van der Waals surface area contributed by atoms with E-state index in [0.29, 0.717) is 0 Å². The molecule has 130 valence electrons. The predicted molar refractivity (Wildman–Crippen MR) is 84.4 cm³/mol.